The quantitative estimate of drug-likeness (QED) is 0.879. The van der Waals surface area contributed by atoms with E-state index in [1.54, 1.807) is 0 Å². The lowest BCUT2D eigenvalue weighted by molar-refractivity contribution is 0.498. The zero-order valence-corrected chi connectivity index (χ0v) is 11.6. The van der Waals surface area contributed by atoms with Gasteiger partial charge in [-0.25, -0.2) is 13.8 Å². The van der Waals surface area contributed by atoms with Gasteiger partial charge in [-0.3, -0.25) is 4.68 Å². The molecule has 0 aliphatic heterocycles. The zero-order chi connectivity index (χ0) is 14.5. The molecule has 1 heterocycles. The Labute approximate surface area is 116 Å². The first-order valence-electron chi connectivity index (χ1n) is 6.62. The summed E-state index contributed by atoms with van der Waals surface area (Å²) >= 11 is 0. The second-order valence-electron chi connectivity index (χ2n) is 4.62. The molecule has 0 saturated heterocycles. The number of hydrogen-bond acceptors (Lipinski definition) is 3. The SMILES string of the molecule is CCn1ncnc1CC(Cc1ccc(F)cc1F)NC. The zero-order valence-electron chi connectivity index (χ0n) is 11.6. The van der Waals surface area contributed by atoms with Gasteiger partial charge in [0.2, 0.25) is 0 Å². The number of hydrogen-bond donors (Lipinski definition) is 1. The molecule has 1 unspecified atom stereocenters. The van der Waals surface area contributed by atoms with E-state index in [2.05, 4.69) is 15.4 Å². The van der Waals surface area contributed by atoms with Crippen LogP contribution in [0.25, 0.3) is 0 Å². The van der Waals surface area contributed by atoms with E-state index in [0.717, 1.165) is 18.4 Å². The monoisotopic (exact) mass is 280 g/mol. The Kier molecular flexibility index (Phi) is 4.79. The van der Waals surface area contributed by atoms with Gasteiger partial charge in [0, 0.05) is 25.1 Å². The minimum absolute atomic E-state index is 0.0180. The van der Waals surface area contributed by atoms with Gasteiger partial charge in [-0.2, -0.15) is 5.10 Å². The second-order valence-corrected chi connectivity index (χ2v) is 4.62. The van der Waals surface area contributed by atoms with Gasteiger partial charge in [0.05, 0.1) is 0 Å². The van der Waals surface area contributed by atoms with Crippen LogP contribution in [0.1, 0.15) is 18.3 Å². The normalized spacial score (nSPS) is 12.6. The van der Waals surface area contributed by atoms with Crippen molar-refractivity contribution in [3.63, 3.8) is 0 Å². The first-order valence-corrected chi connectivity index (χ1v) is 6.62. The van der Waals surface area contributed by atoms with E-state index >= 15 is 0 Å². The lowest BCUT2D eigenvalue weighted by Crippen LogP contribution is -2.31. The van der Waals surface area contributed by atoms with Crippen LogP contribution in [-0.4, -0.2) is 27.9 Å². The van der Waals surface area contributed by atoms with Crippen LogP contribution in [0.2, 0.25) is 0 Å². The van der Waals surface area contributed by atoms with E-state index in [1.807, 2.05) is 18.7 Å². The van der Waals surface area contributed by atoms with Crippen molar-refractivity contribution in [3.8, 4) is 0 Å². The highest BCUT2D eigenvalue weighted by Gasteiger charge is 2.15. The van der Waals surface area contributed by atoms with Crippen molar-refractivity contribution in [3.05, 3.63) is 47.5 Å². The number of halogens is 2. The molecule has 0 bridgehead atoms. The molecule has 0 radical (unpaired) electrons. The Balaban J connectivity index is 2.09. The van der Waals surface area contributed by atoms with Gasteiger partial charge in [0.25, 0.3) is 0 Å². The van der Waals surface area contributed by atoms with Crippen molar-refractivity contribution in [1.82, 2.24) is 20.1 Å². The topological polar surface area (TPSA) is 42.7 Å². The Morgan fingerprint density at radius 3 is 2.75 bits per heavy atom. The predicted molar refractivity (Wildman–Crippen MR) is 72.3 cm³/mol. The fourth-order valence-corrected chi connectivity index (χ4v) is 2.16. The number of benzene rings is 1. The molecule has 1 aromatic carbocycles. The third kappa shape index (κ3) is 3.39. The van der Waals surface area contributed by atoms with Crippen LogP contribution in [0.5, 0.6) is 0 Å². The van der Waals surface area contributed by atoms with E-state index in [-0.39, 0.29) is 6.04 Å². The summed E-state index contributed by atoms with van der Waals surface area (Å²) in [5, 5.41) is 7.25. The summed E-state index contributed by atoms with van der Waals surface area (Å²) in [5.41, 5.74) is 0.494. The third-order valence-electron chi connectivity index (χ3n) is 3.31. The van der Waals surface area contributed by atoms with Gasteiger partial charge in [-0.15, -0.1) is 0 Å². The predicted octanol–water partition coefficient (Wildman–Crippen LogP) is 1.95. The van der Waals surface area contributed by atoms with Crippen LogP contribution in [-0.2, 0) is 19.4 Å². The lowest BCUT2D eigenvalue weighted by atomic mass is 10.0. The number of aromatic nitrogens is 3. The standard InChI is InChI=1S/C14H18F2N4/c1-3-20-14(18-9-19-20)8-12(17-2)6-10-4-5-11(15)7-13(10)16/h4-5,7,9,12,17H,3,6,8H2,1-2H3. The van der Waals surface area contributed by atoms with Gasteiger partial charge < -0.3 is 5.32 Å². The van der Waals surface area contributed by atoms with Crippen molar-refractivity contribution < 1.29 is 8.78 Å². The molecule has 0 aliphatic carbocycles. The summed E-state index contributed by atoms with van der Waals surface area (Å²) in [6.45, 7) is 2.74. The van der Waals surface area contributed by atoms with Crippen LogP contribution in [0, 0.1) is 11.6 Å². The Hall–Kier alpha value is -1.82. The smallest absolute Gasteiger partial charge is 0.138 e. The second kappa shape index (κ2) is 6.56. The molecule has 1 aromatic heterocycles. The van der Waals surface area contributed by atoms with Crippen molar-refractivity contribution in [2.45, 2.75) is 32.4 Å². The van der Waals surface area contributed by atoms with Gasteiger partial charge >= 0.3 is 0 Å². The maximum absolute atomic E-state index is 13.7. The number of nitrogens with zero attached hydrogens (tertiary/aromatic N) is 3. The molecule has 0 fully saturated rings. The number of rotatable bonds is 6. The first-order chi connectivity index (χ1) is 9.63. The Morgan fingerprint density at radius 2 is 2.10 bits per heavy atom. The van der Waals surface area contributed by atoms with Crippen LogP contribution in [0.15, 0.2) is 24.5 Å². The average Bonchev–Trinajstić information content (AvgIpc) is 2.88. The molecule has 108 valence electrons. The molecule has 2 aromatic rings. The Morgan fingerprint density at radius 1 is 1.30 bits per heavy atom. The summed E-state index contributed by atoms with van der Waals surface area (Å²) in [6.07, 6.45) is 2.63. The van der Waals surface area contributed by atoms with Crippen LogP contribution in [0.3, 0.4) is 0 Å². The molecule has 6 heteroatoms. The number of likely N-dealkylation sites (N-methyl/N-ethyl adjacent to an activating group) is 1. The number of aryl methyl sites for hydroxylation is 1. The number of nitrogens with one attached hydrogen (secondary N) is 1. The Bertz CT molecular complexity index is 568. The van der Waals surface area contributed by atoms with Crippen LogP contribution in [0.4, 0.5) is 8.78 Å². The fourth-order valence-electron chi connectivity index (χ4n) is 2.16. The first kappa shape index (κ1) is 14.6. The average molecular weight is 280 g/mol. The maximum Gasteiger partial charge on any atom is 0.138 e. The summed E-state index contributed by atoms with van der Waals surface area (Å²) in [6, 6.07) is 3.69. The highest BCUT2D eigenvalue weighted by molar-refractivity contribution is 5.20. The summed E-state index contributed by atoms with van der Waals surface area (Å²) in [7, 11) is 1.82. The van der Waals surface area contributed by atoms with Crippen molar-refractivity contribution in [2.75, 3.05) is 7.05 Å². The van der Waals surface area contributed by atoms with Crippen molar-refractivity contribution in [2.24, 2.45) is 0 Å². The summed E-state index contributed by atoms with van der Waals surface area (Å²) in [5.74, 6) is -0.213. The molecular formula is C14H18F2N4. The van der Waals surface area contributed by atoms with Gasteiger partial charge in [0.15, 0.2) is 0 Å². The molecule has 0 saturated carbocycles. The van der Waals surface area contributed by atoms with Gasteiger partial charge in [-0.05, 0) is 32.0 Å². The van der Waals surface area contributed by atoms with Crippen molar-refractivity contribution >= 4 is 0 Å². The van der Waals surface area contributed by atoms with E-state index in [0.29, 0.717) is 18.4 Å². The molecular weight excluding hydrogens is 262 g/mol. The molecule has 2 rings (SSSR count). The van der Waals surface area contributed by atoms with E-state index in [1.165, 1.54) is 18.5 Å². The molecule has 20 heavy (non-hydrogen) atoms. The minimum atomic E-state index is -0.557. The maximum atomic E-state index is 13.7. The highest BCUT2D eigenvalue weighted by atomic mass is 19.1. The minimum Gasteiger partial charge on any atom is -0.316 e. The fraction of sp³-hybridized carbons (Fsp3) is 0.429. The van der Waals surface area contributed by atoms with Gasteiger partial charge in [0.1, 0.15) is 23.8 Å². The molecule has 0 amide bonds. The lowest BCUT2D eigenvalue weighted by Gasteiger charge is -2.16. The molecule has 0 aliphatic rings. The molecule has 4 nitrogen and oxygen atoms in total. The van der Waals surface area contributed by atoms with Gasteiger partial charge in [-0.1, -0.05) is 6.07 Å². The van der Waals surface area contributed by atoms with E-state index in [9.17, 15) is 8.78 Å². The molecule has 0 spiro atoms. The highest BCUT2D eigenvalue weighted by Crippen LogP contribution is 2.13. The molecule has 1 N–H and O–H groups in total. The van der Waals surface area contributed by atoms with E-state index in [4.69, 9.17) is 0 Å². The van der Waals surface area contributed by atoms with Crippen molar-refractivity contribution in [1.29, 1.82) is 0 Å². The summed E-state index contributed by atoms with van der Waals surface area (Å²) < 4.78 is 28.4. The van der Waals surface area contributed by atoms with E-state index < -0.39 is 11.6 Å². The molecule has 1 atom stereocenters. The summed E-state index contributed by atoms with van der Waals surface area (Å²) in [4.78, 5) is 4.21. The van der Waals surface area contributed by atoms with Crippen LogP contribution >= 0.6 is 0 Å². The largest absolute Gasteiger partial charge is 0.316 e. The van der Waals surface area contributed by atoms with Crippen LogP contribution < -0.4 is 5.32 Å². The third-order valence-corrected chi connectivity index (χ3v) is 3.31.